The normalized spacial score (nSPS) is 10.5. The third kappa shape index (κ3) is 4.11. The number of carbonyl (C=O) groups is 2. The highest BCUT2D eigenvalue weighted by Crippen LogP contribution is 2.23. The minimum Gasteiger partial charge on any atom is -0.372 e. The molecule has 1 heterocycles. The van der Waals surface area contributed by atoms with Crippen molar-refractivity contribution < 1.29 is 9.59 Å². The molecule has 2 amide bonds. The van der Waals surface area contributed by atoms with Crippen LogP contribution in [0.5, 0.6) is 0 Å². The Labute approximate surface area is 164 Å². The van der Waals surface area contributed by atoms with Gasteiger partial charge in [-0.1, -0.05) is 18.2 Å². The molecule has 0 radical (unpaired) electrons. The van der Waals surface area contributed by atoms with Crippen LogP contribution in [0.15, 0.2) is 54.7 Å². The van der Waals surface area contributed by atoms with Gasteiger partial charge in [-0.05, 0) is 56.7 Å². The minimum atomic E-state index is -0.731. The third-order valence-corrected chi connectivity index (χ3v) is 4.67. The van der Waals surface area contributed by atoms with Crippen molar-refractivity contribution in [1.29, 1.82) is 0 Å². The van der Waals surface area contributed by atoms with Crippen molar-refractivity contribution in [2.75, 3.05) is 28.6 Å². The number of nitrogens with zero attached hydrogens (tertiary/aromatic N) is 2. The van der Waals surface area contributed by atoms with Crippen molar-refractivity contribution >= 4 is 39.8 Å². The lowest BCUT2D eigenvalue weighted by atomic mass is 10.1. The fraction of sp³-hybridized carbons (Fsp3) is 0.227. The Morgan fingerprint density at radius 3 is 2.29 bits per heavy atom. The van der Waals surface area contributed by atoms with Gasteiger partial charge in [0.2, 0.25) is 0 Å². The van der Waals surface area contributed by atoms with E-state index in [0.29, 0.717) is 16.9 Å². The van der Waals surface area contributed by atoms with Crippen LogP contribution in [0.4, 0.5) is 17.1 Å². The van der Waals surface area contributed by atoms with E-state index in [1.165, 1.54) is 0 Å². The molecule has 3 aromatic rings. The van der Waals surface area contributed by atoms with Gasteiger partial charge >= 0.3 is 11.8 Å². The summed E-state index contributed by atoms with van der Waals surface area (Å²) in [6, 6.07) is 15.0. The van der Waals surface area contributed by atoms with E-state index in [-0.39, 0.29) is 0 Å². The zero-order chi connectivity index (χ0) is 20.1. The van der Waals surface area contributed by atoms with Crippen molar-refractivity contribution in [2.24, 2.45) is 0 Å². The van der Waals surface area contributed by atoms with Crippen molar-refractivity contribution in [3.8, 4) is 0 Å². The maximum absolute atomic E-state index is 12.4. The number of hydrogen-bond acceptors (Lipinski definition) is 4. The van der Waals surface area contributed by atoms with Gasteiger partial charge < -0.3 is 15.5 Å². The largest absolute Gasteiger partial charge is 0.372 e. The lowest BCUT2D eigenvalue weighted by Crippen LogP contribution is -2.29. The lowest BCUT2D eigenvalue weighted by molar-refractivity contribution is -0.132. The van der Waals surface area contributed by atoms with Crippen molar-refractivity contribution in [2.45, 2.75) is 20.8 Å². The molecule has 0 spiro atoms. The van der Waals surface area contributed by atoms with Crippen LogP contribution < -0.4 is 15.5 Å². The molecule has 0 saturated heterocycles. The van der Waals surface area contributed by atoms with Gasteiger partial charge in [-0.3, -0.25) is 14.6 Å². The molecule has 0 aliphatic carbocycles. The molecule has 28 heavy (non-hydrogen) atoms. The first-order valence-electron chi connectivity index (χ1n) is 9.35. The summed E-state index contributed by atoms with van der Waals surface area (Å²) < 4.78 is 0. The summed E-state index contributed by atoms with van der Waals surface area (Å²) in [6.45, 7) is 7.92. The summed E-state index contributed by atoms with van der Waals surface area (Å²) in [5, 5.41) is 6.23. The maximum atomic E-state index is 12.4. The van der Waals surface area contributed by atoms with Gasteiger partial charge in [-0.25, -0.2) is 0 Å². The summed E-state index contributed by atoms with van der Waals surface area (Å²) in [7, 11) is 0. The fourth-order valence-corrected chi connectivity index (χ4v) is 3.14. The second-order valence-electron chi connectivity index (χ2n) is 6.46. The Balaban J connectivity index is 1.73. The van der Waals surface area contributed by atoms with Gasteiger partial charge in [0.25, 0.3) is 0 Å². The Morgan fingerprint density at radius 2 is 1.61 bits per heavy atom. The molecule has 2 N–H and O–H groups in total. The number of rotatable bonds is 5. The predicted molar refractivity (Wildman–Crippen MR) is 114 cm³/mol. The van der Waals surface area contributed by atoms with Crippen LogP contribution >= 0.6 is 0 Å². The molecule has 0 aliphatic heterocycles. The Bertz CT molecular complexity index is 1010. The highest BCUT2D eigenvalue weighted by atomic mass is 16.2. The Hall–Kier alpha value is -3.41. The summed E-state index contributed by atoms with van der Waals surface area (Å²) in [5.41, 5.74) is 3.76. The second kappa shape index (κ2) is 8.52. The van der Waals surface area contributed by atoms with E-state index in [4.69, 9.17) is 0 Å². The molecule has 0 unspecified atom stereocenters. The first-order valence-corrected chi connectivity index (χ1v) is 9.35. The van der Waals surface area contributed by atoms with Crippen LogP contribution in [0, 0.1) is 6.92 Å². The second-order valence-corrected chi connectivity index (χ2v) is 6.46. The maximum Gasteiger partial charge on any atom is 0.314 e. The number of aryl methyl sites for hydroxylation is 1. The van der Waals surface area contributed by atoms with Gasteiger partial charge in [0.15, 0.2) is 0 Å². The summed E-state index contributed by atoms with van der Waals surface area (Å²) in [6.07, 6.45) is 1.65. The lowest BCUT2D eigenvalue weighted by Gasteiger charge is -2.22. The van der Waals surface area contributed by atoms with E-state index in [0.717, 1.165) is 29.7 Å². The minimum absolute atomic E-state index is 0.506. The highest BCUT2D eigenvalue weighted by Gasteiger charge is 2.17. The molecule has 3 rings (SSSR count). The first kappa shape index (κ1) is 19.4. The topological polar surface area (TPSA) is 74.3 Å². The molecular formula is C22H24N4O2. The highest BCUT2D eigenvalue weighted by molar-refractivity contribution is 6.44. The number of carbonyl (C=O) groups excluding carboxylic acids is 2. The number of aromatic nitrogens is 1. The zero-order valence-corrected chi connectivity index (χ0v) is 16.3. The smallest absolute Gasteiger partial charge is 0.314 e. The number of fused-ring (bicyclic) bond motifs is 1. The molecule has 0 fully saturated rings. The zero-order valence-electron chi connectivity index (χ0n) is 16.3. The van der Waals surface area contributed by atoms with Crippen molar-refractivity contribution in [3.63, 3.8) is 0 Å². The molecule has 0 atom stereocenters. The number of pyridine rings is 1. The number of benzene rings is 2. The van der Waals surface area contributed by atoms with E-state index in [9.17, 15) is 9.59 Å². The van der Waals surface area contributed by atoms with E-state index < -0.39 is 11.8 Å². The van der Waals surface area contributed by atoms with Gasteiger partial charge in [0.1, 0.15) is 0 Å². The van der Waals surface area contributed by atoms with E-state index in [1.54, 1.807) is 12.3 Å². The van der Waals surface area contributed by atoms with Crippen LogP contribution in [0.25, 0.3) is 10.9 Å². The Morgan fingerprint density at radius 1 is 0.929 bits per heavy atom. The van der Waals surface area contributed by atoms with Crippen LogP contribution in [0.1, 0.15) is 19.4 Å². The summed E-state index contributed by atoms with van der Waals surface area (Å²) in [5.74, 6) is -1.45. The standard InChI is InChI=1S/C22H24N4O2/c1-4-26(5-2)17-11-12-18(15(3)14-17)24-21(27)22(28)25-19-10-6-8-16-9-7-13-23-20(16)19/h6-14H,4-5H2,1-3H3,(H,24,27)(H,25,28). The number of anilines is 3. The van der Waals surface area contributed by atoms with Crippen LogP contribution in [-0.4, -0.2) is 29.9 Å². The van der Waals surface area contributed by atoms with Gasteiger partial charge in [0, 0.05) is 36.0 Å². The number of nitrogens with one attached hydrogen (secondary N) is 2. The van der Waals surface area contributed by atoms with E-state index in [1.807, 2.05) is 49.4 Å². The molecular weight excluding hydrogens is 352 g/mol. The molecule has 2 aromatic carbocycles. The summed E-state index contributed by atoms with van der Waals surface area (Å²) >= 11 is 0. The van der Waals surface area contributed by atoms with Crippen LogP contribution in [0.3, 0.4) is 0 Å². The molecule has 0 saturated carbocycles. The monoisotopic (exact) mass is 376 g/mol. The molecule has 1 aromatic heterocycles. The molecule has 6 heteroatoms. The van der Waals surface area contributed by atoms with E-state index >= 15 is 0 Å². The predicted octanol–water partition coefficient (Wildman–Crippen LogP) is 3.97. The molecule has 6 nitrogen and oxygen atoms in total. The number of hydrogen-bond donors (Lipinski definition) is 2. The fourth-order valence-electron chi connectivity index (χ4n) is 3.14. The van der Waals surface area contributed by atoms with Gasteiger partial charge in [-0.2, -0.15) is 0 Å². The van der Waals surface area contributed by atoms with Gasteiger partial charge in [0.05, 0.1) is 11.2 Å². The molecule has 0 aliphatic rings. The molecule has 0 bridgehead atoms. The average Bonchev–Trinajstić information content (AvgIpc) is 2.71. The van der Waals surface area contributed by atoms with Gasteiger partial charge in [-0.15, -0.1) is 0 Å². The van der Waals surface area contributed by atoms with Crippen molar-refractivity contribution in [3.05, 3.63) is 60.3 Å². The van der Waals surface area contributed by atoms with Crippen LogP contribution in [0.2, 0.25) is 0 Å². The number of amides is 2. The molecule has 144 valence electrons. The Kier molecular flexibility index (Phi) is 5.89. The SMILES string of the molecule is CCN(CC)c1ccc(NC(=O)C(=O)Nc2cccc3cccnc23)c(C)c1. The quantitative estimate of drug-likeness (QED) is 0.661. The third-order valence-electron chi connectivity index (χ3n) is 4.67. The summed E-state index contributed by atoms with van der Waals surface area (Å²) in [4.78, 5) is 31.3. The first-order chi connectivity index (χ1) is 13.5. The average molecular weight is 376 g/mol. The van der Waals surface area contributed by atoms with Crippen molar-refractivity contribution in [1.82, 2.24) is 4.98 Å². The van der Waals surface area contributed by atoms with E-state index in [2.05, 4.69) is 34.4 Å². The number of para-hydroxylation sites is 1. The van der Waals surface area contributed by atoms with Crippen LogP contribution in [-0.2, 0) is 9.59 Å².